The summed E-state index contributed by atoms with van der Waals surface area (Å²) >= 11 is 1.80. The van der Waals surface area contributed by atoms with Crippen LogP contribution in [-0.4, -0.2) is 66.5 Å². The Morgan fingerprint density at radius 1 is 0.927 bits per heavy atom. The number of carbonyl (C=O) groups is 1. The maximum atomic E-state index is 12.5. The van der Waals surface area contributed by atoms with Crippen molar-refractivity contribution < 1.29 is 19.4 Å². The molecule has 0 atom stereocenters. The van der Waals surface area contributed by atoms with Gasteiger partial charge in [0.1, 0.15) is 5.75 Å². The minimum Gasteiger partial charge on any atom is -0.494 e. The average Bonchev–Trinajstić information content (AvgIpc) is 3.48. The topological polar surface area (TPSA) is 84.2 Å². The van der Waals surface area contributed by atoms with Gasteiger partial charge in [-0.25, -0.2) is 0 Å². The zero-order chi connectivity index (χ0) is 28.4. The van der Waals surface area contributed by atoms with Crippen LogP contribution in [0.1, 0.15) is 38.5 Å². The summed E-state index contributed by atoms with van der Waals surface area (Å²) < 4.78 is 14.2. The molecule has 4 aromatic rings. The Morgan fingerprint density at radius 3 is 2.63 bits per heavy atom. The fourth-order valence-electron chi connectivity index (χ4n) is 5.35. The summed E-state index contributed by atoms with van der Waals surface area (Å²) in [6.07, 6.45) is 4.38. The minimum absolute atomic E-state index is 0.121. The van der Waals surface area contributed by atoms with E-state index in [4.69, 9.17) is 14.6 Å². The van der Waals surface area contributed by atoms with Crippen LogP contribution in [-0.2, 0) is 16.3 Å². The molecule has 2 aromatic carbocycles. The first-order chi connectivity index (χ1) is 20.1. The number of aliphatic hydroxyl groups excluding tert-OH is 1. The highest BCUT2D eigenvalue weighted by Gasteiger charge is 2.18. The number of rotatable bonds is 14. The Balaban J connectivity index is 1.06. The van der Waals surface area contributed by atoms with E-state index in [0.29, 0.717) is 30.7 Å². The lowest BCUT2D eigenvalue weighted by Crippen LogP contribution is -2.46. The first-order valence-electron chi connectivity index (χ1n) is 14.6. The normalized spacial score (nSPS) is 14.1. The second kappa shape index (κ2) is 14.5. The number of thiophene rings is 1. The molecule has 1 saturated heterocycles. The van der Waals surface area contributed by atoms with Crippen LogP contribution in [0.5, 0.6) is 5.75 Å². The molecule has 41 heavy (non-hydrogen) atoms. The van der Waals surface area contributed by atoms with Crippen LogP contribution in [0.3, 0.4) is 0 Å². The van der Waals surface area contributed by atoms with E-state index in [1.54, 1.807) is 17.4 Å². The van der Waals surface area contributed by atoms with Gasteiger partial charge in [-0.2, -0.15) is 0 Å². The summed E-state index contributed by atoms with van der Waals surface area (Å²) in [7, 11) is 0. The van der Waals surface area contributed by atoms with E-state index >= 15 is 0 Å². The summed E-state index contributed by atoms with van der Waals surface area (Å²) in [6.45, 7) is 5.87. The quantitative estimate of drug-likeness (QED) is 0.162. The molecule has 0 bridgehead atoms. The van der Waals surface area contributed by atoms with Crippen LogP contribution in [0.15, 0.2) is 64.8 Å². The molecule has 218 valence electrons. The van der Waals surface area contributed by atoms with Gasteiger partial charge in [-0.15, -0.1) is 11.3 Å². The lowest BCUT2D eigenvalue weighted by atomic mass is 10.2. The van der Waals surface area contributed by atoms with E-state index in [-0.39, 0.29) is 31.3 Å². The van der Waals surface area contributed by atoms with Crippen LogP contribution < -0.4 is 15.2 Å². The molecular formula is C32H39N3O5S. The molecule has 0 saturated carbocycles. The number of anilines is 1. The highest BCUT2D eigenvalue weighted by molar-refractivity contribution is 7.17. The van der Waals surface area contributed by atoms with Crippen molar-refractivity contribution in [2.75, 3.05) is 50.8 Å². The number of ether oxygens (including phenoxy) is 2. The number of unbranched alkanes of at least 4 members (excludes halogenated alkanes) is 3. The number of fused-ring (bicyclic) bond motifs is 2. The van der Waals surface area contributed by atoms with Gasteiger partial charge in [-0.05, 0) is 79.4 Å². The van der Waals surface area contributed by atoms with Gasteiger partial charge in [0.15, 0.2) is 6.73 Å². The predicted octanol–water partition coefficient (Wildman–Crippen LogP) is 5.25. The SMILES string of the molecule is O=C(CCCCCO)OCn1c(=O)ccc2ccc(OCCCCN3CCN(c4cccc5sccc45)CC3)cc21. The van der Waals surface area contributed by atoms with E-state index in [2.05, 4.69) is 39.4 Å². The van der Waals surface area contributed by atoms with Crippen molar-refractivity contribution in [3.8, 4) is 5.75 Å². The van der Waals surface area contributed by atoms with Crippen molar-refractivity contribution in [2.24, 2.45) is 0 Å². The van der Waals surface area contributed by atoms with Crippen LogP contribution >= 0.6 is 11.3 Å². The number of carbonyl (C=O) groups excluding carboxylic acids is 1. The number of aromatic nitrogens is 1. The molecule has 2 aromatic heterocycles. The van der Waals surface area contributed by atoms with Crippen molar-refractivity contribution in [1.82, 2.24) is 9.47 Å². The Kier molecular flexibility index (Phi) is 10.3. The van der Waals surface area contributed by atoms with Crippen molar-refractivity contribution >= 4 is 44.0 Å². The number of piperazine rings is 1. The number of benzene rings is 2. The van der Waals surface area contributed by atoms with E-state index < -0.39 is 0 Å². The van der Waals surface area contributed by atoms with Gasteiger partial charge < -0.3 is 19.5 Å². The van der Waals surface area contributed by atoms with Gasteiger partial charge in [0.05, 0.1) is 12.1 Å². The van der Waals surface area contributed by atoms with Crippen LogP contribution in [0.2, 0.25) is 0 Å². The molecule has 0 spiro atoms. The second-order valence-corrected chi connectivity index (χ2v) is 11.4. The molecule has 5 rings (SSSR count). The fraction of sp³-hybridized carbons (Fsp3) is 0.438. The van der Waals surface area contributed by atoms with Gasteiger partial charge in [0, 0.05) is 67.1 Å². The lowest BCUT2D eigenvalue weighted by molar-refractivity contribution is -0.147. The van der Waals surface area contributed by atoms with E-state index in [1.807, 2.05) is 18.2 Å². The monoisotopic (exact) mass is 577 g/mol. The number of pyridine rings is 1. The van der Waals surface area contributed by atoms with Crippen molar-refractivity contribution in [1.29, 1.82) is 0 Å². The standard InChI is InChI=1S/C32H39N3O5S/c36-20-4-1-2-9-32(38)40-24-35-29-23-26(12-10-25(29)11-13-31(35)37)39-21-5-3-15-33-16-18-34(19-17-33)28-7-6-8-30-27(28)14-22-41-30/h6-8,10-14,22-23,36H,1-5,9,15-21,24H2. The van der Waals surface area contributed by atoms with Gasteiger partial charge >= 0.3 is 5.97 Å². The molecule has 3 heterocycles. The van der Waals surface area contributed by atoms with Crippen LogP contribution in [0.25, 0.3) is 21.0 Å². The van der Waals surface area contributed by atoms with E-state index in [9.17, 15) is 9.59 Å². The fourth-order valence-corrected chi connectivity index (χ4v) is 6.16. The smallest absolute Gasteiger partial charge is 0.307 e. The van der Waals surface area contributed by atoms with Gasteiger partial charge in [-0.3, -0.25) is 19.1 Å². The Bertz CT molecular complexity index is 1490. The summed E-state index contributed by atoms with van der Waals surface area (Å²) in [5.74, 6) is 0.351. The van der Waals surface area contributed by atoms with Crippen molar-refractivity contribution in [3.63, 3.8) is 0 Å². The molecule has 1 aliphatic rings. The number of aliphatic hydroxyl groups is 1. The maximum Gasteiger partial charge on any atom is 0.307 e. The lowest BCUT2D eigenvalue weighted by Gasteiger charge is -2.36. The third-order valence-electron chi connectivity index (χ3n) is 7.68. The predicted molar refractivity (Wildman–Crippen MR) is 165 cm³/mol. The van der Waals surface area contributed by atoms with Gasteiger partial charge in [0.2, 0.25) is 0 Å². The maximum absolute atomic E-state index is 12.5. The molecule has 1 aliphatic heterocycles. The average molecular weight is 578 g/mol. The summed E-state index contributed by atoms with van der Waals surface area (Å²) in [6, 6.07) is 17.8. The zero-order valence-electron chi connectivity index (χ0n) is 23.5. The molecule has 9 heteroatoms. The molecule has 0 amide bonds. The molecule has 0 aliphatic carbocycles. The van der Waals surface area contributed by atoms with Crippen LogP contribution in [0.4, 0.5) is 5.69 Å². The zero-order valence-corrected chi connectivity index (χ0v) is 24.3. The largest absolute Gasteiger partial charge is 0.494 e. The summed E-state index contributed by atoms with van der Waals surface area (Å²) in [5.41, 5.74) is 1.80. The number of esters is 1. The summed E-state index contributed by atoms with van der Waals surface area (Å²) in [5, 5.41) is 13.3. The molecule has 1 fully saturated rings. The Labute approximate surface area is 244 Å². The first-order valence-corrected chi connectivity index (χ1v) is 15.5. The second-order valence-electron chi connectivity index (χ2n) is 10.5. The van der Waals surface area contributed by atoms with E-state index in [1.165, 1.54) is 26.4 Å². The molecule has 0 unspecified atom stereocenters. The van der Waals surface area contributed by atoms with Gasteiger partial charge in [0.25, 0.3) is 5.56 Å². The van der Waals surface area contributed by atoms with Crippen molar-refractivity contribution in [2.45, 2.75) is 45.3 Å². The molecule has 8 nitrogen and oxygen atoms in total. The Morgan fingerprint density at radius 2 is 1.78 bits per heavy atom. The van der Waals surface area contributed by atoms with Crippen molar-refractivity contribution in [3.05, 3.63) is 70.3 Å². The van der Waals surface area contributed by atoms with E-state index in [0.717, 1.165) is 57.4 Å². The highest BCUT2D eigenvalue weighted by Crippen LogP contribution is 2.31. The minimum atomic E-state index is -0.347. The number of hydrogen-bond donors (Lipinski definition) is 1. The summed E-state index contributed by atoms with van der Waals surface area (Å²) in [4.78, 5) is 29.7. The number of hydrogen-bond acceptors (Lipinski definition) is 8. The first kappa shape index (κ1) is 29.1. The molecule has 1 N–H and O–H groups in total. The molecular weight excluding hydrogens is 538 g/mol. The number of nitrogens with zero attached hydrogens (tertiary/aromatic N) is 3. The third kappa shape index (κ3) is 7.67. The highest BCUT2D eigenvalue weighted by atomic mass is 32.1. The molecule has 0 radical (unpaired) electrons. The Hall–Kier alpha value is -3.40. The third-order valence-corrected chi connectivity index (χ3v) is 8.56. The van der Waals surface area contributed by atoms with Crippen LogP contribution in [0, 0.1) is 0 Å². The van der Waals surface area contributed by atoms with Gasteiger partial charge in [-0.1, -0.05) is 12.5 Å².